The number of hydrogen-bond acceptors (Lipinski definition) is 4. The molecule has 0 aliphatic rings. The van der Waals surface area contributed by atoms with Gasteiger partial charge in [-0.1, -0.05) is 29.8 Å². The number of phosphoric acid groups is 1. The average Bonchev–Trinajstić information content (AvgIpc) is 2.55. The van der Waals surface area contributed by atoms with E-state index in [0.717, 1.165) is 10.9 Å². The van der Waals surface area contributed by atoms with Crippen LogP contribution < -0.4 is 9.84 Å². The van der Waals surface area contributed by atoms with Gasteiger partial charge in [-0.3, -0.25) is 9.79 Å². The molecule has 0 bridgehead atoms. The summed E-state index contributed by atoms with van der Waals surface area (Å²) in [6.45, 7) is 1.98. The van der Waals surface area contributed by atoms with E-state index in [1.54, 1.807) is 31.2 Å². The van der Waals surface area contributed by atoms with Crippen LogP contribution >= 0.6 is 19.4 Å². The maximum Gasteiger partial charge on any atom is 0.524 e. The van der Waals surface area contributed by atoms with Crippen molar-refractivity contribution in [3.8, 4) is 5.75 Å². The van der Waals surface area contributed by atoms with Crippen molar-refractivity contribution in [1.29, 1.82) is 0 Å². The lowest BCUT2D eigenvalue weighted by atomic mass is 10.2. The van der Waals surface area contributed by atoms with Crippen LogP contribution in [0.25, 0.3) is 10.9 Å². The number of halogens is 4. The lowest BCUT2D eigenvalue weighted by Crippen LogP contribution is -1.99. The smallest absolute Gasteiger partial charge is 0.402 e. The van der Waals surface area contributed by atoms with Gasteiger partial charge in [0.15, 0.2) is 5.75 Å². The summed E-state index contributed by atoms with van der Waals surface area (Å²) in [5.41, 5.74) is 1.83. The summed E-state index contributed by atoms with van der Waals surface area (Å²) in [4.78, 5) is 22.6. The maximum absolute atomic E-state index is 11.1. The zero-order chi connectivity index (χ0) is 21.8. The maximum atomic E-state index is 11.1. The normalized spacial score (nSPS) is 11.6. The van der Waals surface area contributed by atoms with Crippen molar-refractivity contribution in [1.82, 2.24) is 4.98 Å². The molecule has 156 valence electrons. The number of alkyl halides is 3. The fraction of sp³-hybridized carbons (Fsp3) is 0.167. The quantitative estimate of drug-likeness (QED) is 0.425. The van der Waals surface area contributed by atoms with Gasteiger partial charge in [0.05, 0.1) is 16.2 Å². The molecular formula is C18H17ClF3N2O4P. The van der Waals surface area contributed by atoms with Crippen molar-refractivity contribution in [2.24, 2.45) is 0 Å². The molecule has 0 unspecified atom stereocenters. The number of nitrogens with zero attached hydrogens (tertiary/aromatic N) is 1. The first-order chi connectivity index (χ1) is 13.3. The van der Waals surface area contributed by atoms with E-state index >= 15 is 0 Å². The zero-order valence-electron chi connectivity index (χ0n) is 15.2. The lowest BCUT2D eigenvalue weighted by molar-refractivity contribution is -0.110. The van der Waals surface area contributed by atoms with E-state index in [9.17, 15) is 17.7 Å². The van der Waals surface area contributed by atoms with Gasteiger partial charge in [-0.05, 0) is 42.8 Å². The molecule has 0 saturated heterocycles. The molecular weight excluding hydrogens is 432 g/mol. The Hall–Kier alpha value is -2.32. The number of anilines is 2. The number of hydrogen-bond donors (Lipinski definition) is 3. The monoisotopic (exact) mass is 448 g/mol. The summed E-state index contributed by atoms with van der Waals surface area (Å²) in [6.07, 6.45) is -4.00. The molecule has 2 aromatic carbocycles. The van der Waals surface area contributed by atoms with E-state index in [1.807, 2.05) is 18.2 Å². The lowest BCUT2D eigenvalue weighted by Gasteiger charge is -2.14. The number of fused-ring (bicyclic) bond motifs is 1. The standard InChI is InChI=1S/C16H14ClN2O4P.C2H3F3/c1-10-5-7-13(14(9-10)23-24(20,21)22)18-15-8-6-11-3-2-4-12(17)16(11)19-15;1-2(3,4)5/h2-9H,1H3,(H,18,19)(H2,20,21,22);1H3. The number of benzene rings is 2. The second-order valence-electron chi connectivity index (χ2n) is 6.00. The van der Waals surface area contributed by atoms with Crippen LogP contribution in [0.3, 0.4) is 0 Å². The van der Waals surface area contributed by atoms with Gasteiger partial charge in [0.2, 0.25) is 0 Å². The first-order valence-electron chi connectivity index (χ1n) is 8.07. The van der Waals surface area contributed by atoms with Gasteiger partial charge in [0.1, 0.15) is 5.82 Å². The molecule has 1 aromatic heterocycles. The van der Waals surface area contributed by atoms with Gasteiger partial charge in [-0.15, -0.1) is 0 Å². The summed E-state index contributed by atoms with van der Waals surface area (Å²) < 4.78 is 47.0. The van der Waals surface area contributed by atoms with Crippen molar-refractivity contribution in [3.63, 3.8) is 0 Å². The molecule has 6 nitrogen and oxygen atoms in total. The Labute approximate surface area is 169 Å². The van der Waals surface area contributed by atoms with Crippen LogP contribution in [0, 0.1) is 6.92 Å². The molecule has 0 amide bonds. The Kier molecular flexibility index (Phi) is 7.13. The van der Waals surface area contributed by atoms with E-state index in [4.69, 9.17) is 25.9 Å². The van der Waals surface area contributed by atoms with Crippen LogP contribution in [0.2, 0.25) is 5.02 Å². The highest BCUT2D eigenvalue weighted by molar-refractivity contribution is 7.46. The molecule has 1 heterocycles. The summed E-state index contributed by atoms with van der Waals surface area (Å²) in [6, 6.07) is 14.1. The summed E-state index contributed by atoms with van der Waals surface area (Å²) in [7, 11) is -4.67. The molecule has 3 aromatic rings. The van der Waals surface area contributed by atoms with Crippen LogP contribution in [0.1, 0.15) is 12.5 Å². The Morgan fingerprint density at radius 3 is 2.41 bits per heavy atom. The minimum Gasteiger partial charge on any atom is -0.402 e. The van der Waals surface area contributed by atoms with Crippen LogP contribution in [0.5, 0.6) is 5.75 Å². The Morgan fingerprint density at radius 1 is 1.14 bits per heavy atom. The van der Waals surface area contributed by atoms with E-state index in [-0.39, 0.29) is 12.7 Å². The Balaban J connectivity index is 0.000000537. The van der Waals surface area contributed by atoms with E-state index in [2.05, 4.69) is 10.3 Å². The fourth-order valence-corrected chi connectivity index (χ4v) is 2.89. The first-order valence-corrected chi connectivity index (χ1v) is 9.97. The zero-order valence-corrected chi connectivity index (χ0v) is 16.9. The van der Waals surface area contributed by atoms with Gasteiger partial charge in [0, 0.05) is 12.3 Å². The van der Waals surface area contributed by atoms with Gasteiger partial charge < -0.3 is 9.84 Å². The van der Waals surface area contributed by atoms with Crippen LogP contribution in [-0.4, -0.2) is 20.9 Å². The molecule has 3 N–H and O–H groups in total. The minimum absolute atomic E-state index is 0.0457. The van der Waals surface area contributed by atoms with Crippen LogP contribution in [0.15, 0.2) is 48.5 Å². The van der Waals surface area contributed by atoms with Crippen molar-refractivity contribution < 1.29 is 32.0 Å². The number of nitrogens with one attached hydrogen (secondary N) is 1. The highest BCUT2D eigenvalue weighted by atomic mass is 35.5. The topological polar surface area (TPSA) is 91.7 Å². The Bertz CT molecular complexity index is 1050. The number of para-hydroxylation sites is 1. The number of rotatable bonds is 4. The molecule has 3 rings (SSSR count). The predicted octanol–water partition coefficient (Wildman–Crippen LogP) is 5.98. The van der Waals surface area contributed by atoms with Crippen molar-refractivity contribution >= 4 is 41.8 Å². The number of phosphoric ester groups is 1. The first kappa shape index (κ1) is 23.0. The van der Waals surface area contributed by atoms with Gasteiger partial charge in [0.25, 0.3) is 0 Å². The third kappa shape index (κ3) is 7.91. The molecule has 0 aliphatic heterocycles. The summed E-state index contributed by atoms with van der Waals surface area (Å²) >= 11 is 6.15. The largest absolute Gasteiger partial charge is 0.524 e. The molecule has 0 radical (unpaired) electrons. The van der Waals surface area contributed by atoms with Gasteiger partial charge in [-0.25, -0.2) is 9.55 Å². The van der Waals surface area contributed by atoms with E-state index in [1.165, 1.54) is 6.07 Å². The highest BCUT2D eigenvalue weighted by Crippen LogP contribution is 2.42. The minimum atomic E-state index is -4.67. The molecule has 0 saturated carbocycles. The van der Waals surface area contributed by atoms with E-state index in [0.29, 0.717) is 22.0 Å². The molecule has 0 fully saturated rings. The fourth-order valence-electron chi connectivity index (χ4n) is 2.25. The van der Waals surface area contributed by atoms with Crippen molar-refractivity contribution in [2.45, 2.75) is 20.0 Å². The molecule has 29 heavy (non-hydrogen) atoms. The summed E-state index contributed by atoms with van der Waals surface area (Å²) in [5, 5.41) is 4.42. The molecule has 0 spiro atoms. The van der Waals surface area contributed by atoms with Gasteiger partial charge in [-0.2, -0.15) is 13.2 Å². The molecule has 0 atom stereocenters. The second-order valence-corrected chi connectivity index (χ2v) is 7.57. The number of aromatic nitrogens is 1. The van der Waals surface area contributed by atoms with Crippen molar-refractivity contribution in [2.75, 3.05) is 5.32 Å². The summed E-state index contributed by atoms with van der Waals surface area (Å²) in [5.74, 6) is 0.527. The molecule has 0 aliphatic carbocycles. The second kappa shape index (κ2) is 9.00. The SMILES string of the molecule is CC(F)(F)F.Cc1ccc(Nc2ccc3cccc(Cl)c3n2)c(OP(=O)(O)O)c1. The van der Waals surface area contributed by atoms with Crippen LogP contribution in [-0.2, 0) is 4.57 Å². The van der Waals surface area contributed by atoms with Crippen molar-refractivity contribution in [3.05, 3.63) is 59.1 Å². The highest BCUT2D eigenvalue weighted by Gasteiger charge is 2.19. The number of aryl methyl sites for hydroxylation is 1. The Morgan fingerprint density at radius 2 is 1.79 bits per heavy atom. The van der Waals surface area contributed by atoms with Gasteiger partial charge >= 0.3 is 14.0 Å². The number of pyridine rings is 1. The molecule has 11 heteroatoms. The van der Waals surface area contributed by atoms with E-state index < -0.39 is 14.0 Å². The third-order valence-electron chi connectivity index (χ3n) is 3.29. The third-order valence-corrected chi connectivity index (χ3v) is 4.03. The van der Waals surface area contributed by atoms with Crippen LogP contribution in [0.4, 0.5) is 24.7 Å². The predicted molar refractivity (Wildman–Crippen MR) is 106 cm³/mol. The average molecular weight is 449 g/mol.